The van der Waals surface area contributed by atoms with Gasteiger partial charge >= 0.3 is 0 Å². The topological polar surface area (TPSA) is 12.0 Å². The first-order valence-electron chi connectivity index (χ1n) is 5.31. The lowest BCUT2D eigenvalue weighted by atomic mass is 10.1. The second kappa shape index (κ2) is 3.01. The van der Waals surface area contributed by atoms with Crippen molar-refractivity contribution in [3.8, 4) is 0 Å². The normalized spacial score (nSPS) is 35.1. The van der Waals surface area contributed by atoms with E-state index in [1.807, 2.05) is 0 Å². The summed E-state index contributed by atoms with van der Waals surface area (Å²) in [5, 5.41) is 4.45. The van der Waals surface area contributed by atoms with E-state index in [0.717, 1.165) is 11.8 Å². The molecule has 0 saturated carbocycles. The van der Waals surface area contributed by atoms with Gasteiger partial charge in [-0.15, -0.1) is 11.8 Å². The van der Waals surface area contributed by atoms with Crippen molar-refractivity contribution in [3.05, 3.63) is 35.4 Å². The highest BCUT2D eigenvalue weighted by atomic mass is 32.2. The third kappa shape index (κ3) is 1.14. The minimum atomic E-state index is 0.260. The summed E-state index contributed by atoms with van der Waals surface area (Å²) < 4.78 is 0. The SMILES string of the molecule is CC1CNC2(CCc3ccccc32)S1. The highest BCUT2D eigenvalue weighted by molar-refractivity contribution is 8.01. The standard InChI is InChI=1S/C12H15NS/c1-9-8-13-12(14-9)7-6-10-4-2-3-5-11(10)12/h2-5,9,13H,6-8H2,1H3. The Kier molecular flexibility index (Phi) is 1.89. The number of aryl methyl sites for hydroxylation is 1. The summed E-state index contributed by atoms with van der Waals surface area (Å²) >= 11 is 2.11. The minimum absolute atomic E-state index is 0.260. The van der Waals surface area contributed by atoms with Gasteiger partial charge in [0, 0.05) is 11.8 Å². The molecular formula is C12H15NS. The summed E-state index contributed by atoms with van der Waals surface area (Å²) in [6, 6.07) is 8.88. The molecule has 0 bridgehead atoms. The predicted molar refractivity (Wildman–Crippen MR) is 61.5 cm³/mol. The minimum Gasteiger partial charge on any atom is -0.298 e. The Labute approximate surface area is 89.3 Å². The molecule has 2 unspecified atom stereocenters. The van der Waals surface area contributed by atoms with Crippen LogP contribution in [-0.4, -0.2) is 11.8 Å². The molecule has 14 heavy (non-hydrogen) atoms. The molecule has 1 nitrogen and oxygen atoms in total. The predicted octanol–water partition coefficient (Wildman–Crippen LogP) is 2.51. The zero-order valence-corrected chi connectivity index (χ0v) is 9.23. The van der Waals surface area contributed by atoms with Crippen molar-refractivity contribution >= 4 is 11.8 Å². The van der Waals surface area contributed by atoms with E-state index in [0.29, 0.717) is 0 Å². The smallest absolute Gasteiger partial charge is 0.0910 e. The van der Waals surface area contributed by atoms with E-state index in [1.165, 1.54) is 18.4 Å². The lowest BCUT2D eigenvalue weighted by Gasteiger charge is -2.24. The van der Waals surface area contributed by atoms with Crippen molar-refractivity contribution in [1.29, 1.82) is 0 Å². The summed E-state index contributed by atoms with van der Waals surface area (Å²) in [5.74, 6) is 0. The average molecular weight is 205 g/mol. The van der Waals surface area contributed by atoms with Crippen LogP contribution in [0.15, 0.2) is 24.3 Å². The van der Waals surface area contributed by atoms with E-state index in [2.05, 4.69) is 48.3 Å². The van der Waals surface area contributed by atoms with Crippen molar-refractivity contribution in [1.82, 2.24) is 5.32 Å². The molecule has 74 valence electrons. The Bertz CT molecular complexity index is 359. The van der Waals surface area contributed by atoms with E-state index < -0.39 is 0 Å². The molecule has 2 atom stereocenters. The first-order valence-corrected chi connectivity index (χ1v) is 6.19. The maximum atomic E-state index is 3.70. The molecule has 1 N–H and O–H groups in total. The van der Waals surface area contributed by atoms with Crippen LogP contribution in [0.1, 0.15) is 24.5 Å². The maximum absolute atomic E-state index is 3.70. The largest absolute Gasteiger partial charge is 0.298 e. The van der Waals surface area contributed by atoms with Crippen LogP contribution >= 0.6 is 11.8 Å². The number of nitrogens with one attached hydrogen (secondary N) is 1. The first-order chi connectivity index (χ1) is 6.80. The number of benzene rings is 1. The van der Waals surface area contributed by atoms with Crippen LogP contribution in [0, 0.1) is 0 Å². The van der Waals surface area contributed by atoms with Crippen LogP contribution < -0.4 is 5.32 Å². The quantitative estimate of drug-likeness (QED) is 0.698. The molecule has 1 heterocycles. The van der Waals surface area contributed by atoms with Gasteiger partial charge in [0.05, 0.1) is 4.87 Å². The molecule has 0 aromatic heterocycles. The van der Waals surface area contributed by atoms with Gasteiger partial charge in [-0.3, -0.25) is 5.32 Å². The Morgan fingerprint density at radius 2 is 2.29 bits per heavy atom. The van der Waals surface area contributed by atoms with Gasteiger partial charge in [0.1, 0.15) is 0 Å². The second-order valence-corrected chi connectivity index (χ2v) is 6.03. The van der Waals surface area contributed by atoms with Crippen LogP contribution in [0.2, 0.25) is 0 Å². The number of thioether (sulfide) groups is 1. The summed E-state index contributed by atoms with van der Waals surface area (Å²) in [5.41, 5.74) is 3.08. The Morgan fingerprint density at radius 1 is 1.43 bits per heavy atom. The van der Waals surface area contributed by atoms with Crippen LogP contribution in [0.25, 0.3) is 0 Å². The molecule has 3 rings (SSSR count). The van der Waals surface area contributed by atoms with Crippen LogP contribution in [-0.2, 0) is 11.3 Å². The van der Waals surface area contributed by atoms with Gasteiger partial charge in [-0.25, -0.2) is 0 Å². The fourth-order valence-corrected chi connectivity index (χ4v) is 4.19. The number of rotatable bonds is 0. The second-order valence-electron chi connectivity index (χ2n) is 4.29. The fourth-order valence-electron chi connectivity index (χ4n) is 2.62. The molecular weight excluding hydrogens is 190 g/mol. The molecule has 1 spiro atoms. The van der Waals surface area contributed by atoms with Gasteiger partial charge in [-0.05, 0) is 24.0 Å². The average Bonchev–Trinajstić information content (AvgIpc) is 2.75. The van der Waals surface area contributed by atoms with Crippen LogP contribution in [0.3, 0.4) is 0 Å². The molecule has 1 aromatic carbocycles. The zero-order valence-electron chi connectivity index (χ0n) is 8.42. The third-order valence-electron chi connectivity index (χ3n) is 3.28. The molecule has 0 radical (unpaired) electrons. The van der Waals surface area contributed by atoms with Crippen LogP contribution in [0.4, 0.5) is 0 Å². The molecule has 2 aliphatic rings. The van der Waals surface area contributed by atoms with Crippen molar-refractivity contribution in [2.75, 3.05) is 6.54 Å². The van der Waals surface area contributed by atoms with E-state index >= 15 is 0 Å². The van der Waals surface area contributed by atoms with Crippen molar-refractivity contribution in [3.63, 3.8) is 0 Å². The van der Waals surface area contributed by atoms with Crippen molar-refractivity contribution < 1.29 is 0 Å². The van der Waals surface area contributed by atoms with Gasteiger partial charge in [-0.2, -0.15) is 0 Å². The number of hydrogen-bond donors (Lipinski definition) is 1. The molecule has 1 saturated heterocycles. The van der Waals surface area contributed by atoms with E-state index in [4.69, 9.17) is 0 Å². The van der Waals surface area contributed by atoms with Gasteiger partial charge in [0.25, 0.3) is 0 Å². The molecule has 2 heteroatoms. The number of fused-ring (bicyclic) bond motifs is 2. The number of hydrogen-bond acceptors (Lipinski definition) is 2. The molecule has 0 amide bonds. The van der Waals surface area contributed by atoms with Crippen molar-refractivity contribution in [2.45, 2.75) is 29.9 Å². The van der Waals surface area contributed by atoms with Crippen molar-refractivity contribution in [2.24, 2.45) is 0 Å². The summed E-state index contributed by atoms with van der Waals surface area (Å²) in [6.45, 7) is 3.46. The Balaban J connectivity index is 2.05. The highest BCUT2D eigenvalue weighted by Crippen LogP contribution is 2.49. The third-order valence-corrected chi connectivity index (χ3v) is 4.82. The highest BCUT2D eigenvalue weighted by Gasteiger charge is 2.43. The molecule has 1 fully saturated rings. The molecule has 1 aliphatic heterocycles. The molecule has 1 aliphatic carbocycles. The fraction of sp³-hybridized carbons (Fsp3) is 0.500. The van der Waals surface area contributed by atoms with E-state index in [1.54, 1.807) is 5.56 Å². The van der Waals surface area contributed by atoms with Crippen LogP contribution in [0.5, 0.6) is 0 Å². The molecule has 1 aromatic rings. The lowest BCUT2D eigenvalue weighted by Crippen LogP contribution is -2.31. The van der Waals surface area contributed by atoms with Gasteiger partial charge in [-0.1, -0.05) is 31.2 Å². The monoisotopic (exact) mass is 205 g/mol. The summed E-state index contributed by atoms with van der Waals surface area (Å²) in [7, 11) is 0. The first kappa shape index (κ1) is 8.81. The summed E-state index contributed by atoms with van der Waals surface area (Å²) in [6.07, 6.45) is 2.50. The van der Waals surface area contributed by atoms with Gasteiger partial charge in [0.15, 0.2) is 0 Å². The maximum Gasteiger partial charge on any atom is 0.0910 e. The lowest BCUT2D eigenvalue weighted by molar-refractivity contribution is 0.515. The Morgan fingerprint density at radius 3 is 3.07 bits per heavy atom. The Hall–Kier alpha value is -0.470. The van der Waals surface area contributed by atoms with Gasteiger partial charge < -0.3 is 0 Å². The summed E-state index contributed by atoms with van der Waals surface area (Å²) in [4.78, 5) is 0.260. The van der Waals surface area contributed by atoms with E-state index in [-0.39, 0.29) is 4.87 Å². The zero-order chi connectivity index (χ0) is 9.60. The van der Waals surface area contributed by atoms with Gasteiger partial charge in [0.2, 0.25) is 0 Å². The van der Waals surface area contributed by atoms with E-state index in [9.17, 15) is 0 Å².